The third kappa shape index (κ3) is 1.48. The van der Waals surface area contributed by atoms with Crippen LogP contribution in [-0.2, 0) is 5.54 Å². The predicted octanol–water partition coefficient (Wildman–Crippen LogP) is 2.10. The van der Waals surface area contributed by atoms with Crippen LogP contribution in [0.2, 0.25) is 0 Å². The zero-order valence-corrected chi connectivity index (χ0v) is 9.95. The molecule has 86 valence electrons. The normalized spacial score (nSPS) is 32.9. The molecule has 1 spiro atoms. The third-order valence-electron chi connectivity index (χ3n) is 4.54. The number of rotatable bonds is 1. The molecule has 1 aromatic rings. The van der Waals surface area contributed by atoms with Crippen LogP contribution in [0.5, 0.6) is 0 Å². The predicted molar refractivity (Wildman–Crippen MR) is 66.1 cm³/mol. The van der Waals surface area contributed by atoms with E-state index in [0.29, 0.717) is 5.54 Å². The molecule has 2 heteroatoms. The highest BCUT2D eigenvalue weighted by Gasteiger charge is 2.52. The van der Waals surface area contributed by atoms with Crippen molar-refractivity contribution in [3.8, 4) is 0 Å². The number of benzene rings is 1. The van der Waals surface area contributed by atoms with Gasteiger partial charge in [-0.2, -0.15) is 0 Å². The lowest BCUT2D eigenvalue weighted by Gasteiger charge is -2.44. The summed E-state index contributed by atoms with van der Waals surface area (Å²) in [6.45, 7) is 0.997. The van der Waals surface area contributed by atoms with Gasteiger partial charge in [0.2, 0.25) is 0 Å². The number of likely N-dealkylation sites (N-methyl/N-ethyl adjacent to an activating group) is 1. The van der Waals surface area contributed by atoms with E-state index in [1.165, 1.54) is 24.8 Å². The van der Waals surface area contributed by atoms with Gasteiger partial charge in [0.05, 0.1) is 5.54 Å². The fourth-order valence-corrected chi connectivity index (χ4v) is 3.10. The Labute approximate surface area is 97.4 Å². The summed E-state index contributed by atoms with van der Waals surface area (Å²) in [4.78, 5) is 2.49. The first-order valence-electron chi connectivity index (χ1n) is 6.20. The highest BCUT2D eigenvalue weighted by molar-refractivity contribution is 5.27. The Morgan fingerprint density at radius 2 is 1.69 bits per heavy atom. The molecule has 0 amide bonds. The number of piperidine rings is 1. The first-order valence-corrected chi connectivity index (χ1v) is 6.20. The number of likely N-dealkylation sites (tertiary alicyclic amines) is 1. The van der Waals surface area contributed by atoms with Crippen molar-refractivity contribution in [1.82, 2.24) is 4.90 Å². The number of hydrogen-bond donors (Lipinski definition) is 1. The van der Waals surface area contributed by atoms with Crippen molar-refractivity contribution < 1.29 is 0 Å². The molecule has 16 heavy (non-hydrogen) atoms. The molecular formula is C14H20N2. The maximum atomic E-state index is 6.58. The first-order chi connectivity index (χ1) is 7.65. The molecule has 2 fully saturated rings. The minimum absolute atomic E-state index is 0.135. The van der Waals surface area contributed by atoms with Crippen LogP contribution in [0.15, 0.2) is 30.3 Å². The van der Waals surface area contributed by atoms with Crippen molar-refractivity contribution >= 4 is 0 Å². The molecule has 1 atom stereocenters. The maximum absolute atomic E-state index is 6.58. The first kappa shape index (κ1) is 10.3. The summed E-state index contributed by atoms with van der Waals surface area (Å²) in [5.74, 6) is 0. The second-order valence-corrected chi connectivity index (χ2v) is 5.60. The van der Waals surface area contributed by atoms with Crippen LogP contribution in [0.1, 0.15) is 31.2 Å². The largest absolute Gasteiger partial charge is 0.320 e. The topological polar surface area (TPSA) is 29.3 Å². The van der Waals surface area contributed by atoms with E-state index in [2.05, 4.69) is 42.3 Å². The summed E-state index contributed by atoms with van der Waals surface area (Å²) in [6, 6.07) is 10.6. The van der Waals surface area contributed by atoms with E-state index in [0.717, 1.165) is 13.0 Å². The fraction of sp³-hybridized carbons (Fsp3) is 0.571. The average molecular weight is 216 g/mol. The van der Waals surface area contributed by atoms with Gasteiger partial charge in [0.15, 0.2) is 0 Å². The Morgan fingerprint density at radius 3 is 2.25 bits per heavy atom. The van der Waals surface area contributed by atoms with Crippen LogP contribution >= 0.6 is 0 Å². The monoisotopic (exact) mass is 216 g/mol. The Bertz CT molecular complexity index is 383. The molecule has 3 rings (SSSR count). The minimum atomic E-state index is -0.135. The van der Waals surface area contributed by atoms with Crippen LogP contribution < -0.4 is 5.73 Å². The number of nitrogens with two attached hydrogens (primary N) is 1. The molecule has 0 bridgehead atoms. The number of hydrogen-bond acceptors (Lipinski definition) is 2. The van der Waals surface area contributed by atoms with E-state index < -0.39 is 0 Å². The van der Waals surface area contributed by atoms with Gasteiger partial charge in [0.1, 0.15) is 0 Å². The van der Waals surface area contributed by atoms with Crippen molar-refractivity contribution in [3.63, 3.8) is 0 Å². The van der Waals surface area contributed by atoms with Crippen molar-refractivity contribution in [2.45, 2.75) is 36.8 Å². The highest BCUT2D eigenvalue weighted by atomic mass is 15.2. The zero-order valence-electron chi connectivity index (χ0n) is 9.95. The molecule has 1 saturated carbocycles. The third-order valence-corrected chi connectivity index (χ3v) is 4.54. The van der Waals surface area contributed by atoms with E-state index in [9.17, 15) is 0 Å². The van der Waals surface area contributed by atoms with Gasteiger partial charge in [-0.1, -0.05) is 30.3 Å². The molecule has 1 heterocycles. The molecule has 1 aliphatic carbocycles. The van der Waals surface area contributed by atoms with E-state index in [4.69, 9.17) is 5.73 Å². The number of nitrogens with zero attached hydrogens (tertiary/aromatic N) is 1. The van der Waals surface area contributed by atoms with Gasteiger partial charge in [-0.25, -0.2) is 0 Å². The van der Waals surface area contributed by atoms with Gasteiger partial charge in [-0.15, -0.1) is 0 Å². The molecule has 1 aromatic carbocycles. The summed E-state index contributed by atoms with van der Waals surface area (Å²) in [6.07, 6.45) is 5.12. The minimum Gasteiger partial charge on any atom is -0.320 e. The Morgan fingerprint density at radius 1 is 1.06 bits per heavy atom. The molecular weight excluding hydrogens is 196 g/mol. The van der Waals surface area contributed by atoms with Crippen LogP contribution in [0.3, 0.4) is 0 Å². The Balaban J connectivity index is 1.85. The van der Waals surface area contributed by atoms with Crippen LogP contribution in [0, 0.1) is 0 Å². The molecule has 2 N–H and O–H groups in total. The van der Waals surface area contributed by atoms with E-state index in [-0.39, 0.29) is 5.54 Å². The second-order valence-electron chi connectivity index (χ2n) is 5.60. The van der Waals surface area contributed by atoms with Crippen LogP contribution in [0.4, 0.5) is 0 Å². The van der Waals surface area contributed by atoms with Gasteiger partial charge >= 0.3 is 0 Å². The van der Waals surface area contributed by atoms with Crippen molar-refractivity contribution in [1.29, 1.82) is 0 Å². The van der Waals surface area contributed by atoms with Crippen molar-refractivity contribution in [2.75, 3.05) is 13.6 Å². The lowest BCUT2D eigenvalue weighted by atomic mass is 9.80. The standard InChI is InChI=1S/C14H20N2/c1-16-11-14(15,10-9-13(16)7-8-13)12-5-3-2-4-6-12/h2-6H,7-11,15H2,1H3. The summed E-state index contributed by atoms with van der Waals surface area (Å²) in [5.41, 5.74) is 8.26. The van der Waals surface area contributed by atoms with Gasteiger partial charge in [-0.05, 0) is 38.3 Å². The quantitative estimate of drug-likeness (QED) is 0.779. The lowest BCUT2D eigenvalue weighted by Crippen LogP contribution is -2.55. The molecule has 0 aromatic heterocycles. The molecule has 2 aliphatic rings. The fourth-order valence-electron chi connectivity index (χ4n) is 3.10. The van der Waals surface area contributed by atoms with Gasteiger partial charge in [0.25, 0.3) is 0 Å². The Hall–Kier alpha value is -0.860. The van der Waals surface area contributed by atoms with Crippen LogP contribution in [0.25, 0.3) is 0 Å². The molecule has 1 saturated heterocycles. The molecule has 1 aliphatic heterocycles. The zero-order chi connectivity index (χ0) is 11.2. The second kappa shape index (κ2) is 3.31. The summed E-state index contributed by atoms with van der Waals surface area (Å²) in [5, 5.41) is 0. The summed E-state index contributed by atoms with van der Waals surface area (Å²) < 4.78 is 0. The molecule has 1 unspecified atom stereocenters. The van der Waals surface area contributed by atoms with E-state index >= 15 is 0 Å². The summed E-state index contributed by atoms with van der Waals surface area (Å²) >= 11 is 0. The van der Waals surface area contributed by atoms with Gasteiger partial charge in [0, 0.05) is 12.1 Å². The summed E-state index contributed by atoms with van der Waals surface area (Å²) in [7, 11) is 2.23. The van der Waals surface area contributed by atoms with Gasteiger partial charge in [-0.3, -0.25) is 4.90 Å². The molecule has 2 nitrogen and oxygen atoms in total. The van der Waals surface area contributed by atoms with Crippen molar-refractivity contribution in [3.05, 3.63) is 35.9 Å². The highest BCUT2D eigenvalue weighted by Crippen LogP contribution is 2.50. The van der Waals surface area contributed by atoms with Crippen molar-refractivity contribution in [2.24, 2.45) is 5.73 Å². The van der Waals surface area contributed by atoms with E-state index in [1.807, 2.05) is 0 Å². The smallest absolute Gasteiger partial charge is 0.0539 e. The van der Waals surface area contributed by atoms with Crippen LogP contribution in [-0.4, -0.2) is 24.0 Å². The van der Waals surface area contributed by atoms with E-state index in [1.54, 1.807) is 0 Å². The van der Waals surface area contributed by atoms with Gasteiger partial charge < -0.3 is 5.73 Å². The lowest BCUT2D eigenvalue weighted by molar-refractivity contribution is 0.0992. The Kier molecular flexibility index (Phi) is 2.13. The SMILES string of the molecule is CN1CC(N)(c2ccccc2)CCC12CC2. The molecule has 0 radical (unpaired) electrons. The maximum Gasteiger partial charge on any atom is 0.0539 e. The average Bonchev–Trinajstić information content (AvgIpc) is 3.07.